The van der Waals surface area contributed by atoms with E-state index < -0.39 is 23.4 Å². The van der Waals surface area contributed by atoms with Crippen LogP contribution in [-0.4, -0.2) is 46.2 Å². The number of amides is 4. The molecule has 0 saturated carbocycles. The lowest BCUT2D eigenvalue weighted by Gasteiger charge is -2.22. The number of benzene rings is 2. The van der Waals surface area contributed by atoms with Gasteiger partial charge in [-0.3, -0.25) is 19.2 Å². The summed E-state index contributed by atoms with van der Waals surface area (Å²) in [7, 11) is 1.55. The van der Waals surface area contributed by atoms with Crippen LogP contribution >= 0.6 is 0 Å². The fraction of sp³-hybridized carbons (Fsp3) is 0.250. The number of rotatable bonds is 8. The van der Waals surface area contributed by atoms with Gasteiger partial charge in [0.15, 0.2) is 0 Å². The summed E-state index contributed by atoms with van der Waals surface area (Å²) in [5.41, 5.74) is 1.37. The molecule has 2 N–H and O–H groups in total. The number of nitrogens with zero attached hydrogens (tertiary/aromatic N) is 3. The molecule has 4 amide bonds. The maximum atomic E-state index is 13.0. The van der Waals surface area contributed by atoms with Crippen LogP contribution < -0.4 is 15.4 Å². The maximum Gasteiger partial charge on any atom is 0.325 e. The van der Waals surface area contributed by atoms with Crippen molar-refractivity contribution in [2.75, 3.05) is 13.7 Å². The average Bonchev–Trinajstić information content (AvgIpc) is 3.41. The number of imide groups is 1. The summed E-state index contributed by atoms with van der Waals surface area (Å²) in [6, 6.07) is 15.9. The summed E-state index contributed by atoms with van der Waals surface area (Å²) < 4.78 is 6.97. The highest BCUT2D eigenvalue weighted by atomic mass is 16.5. The van der Waals surface area contributed by atoms with Crippen LogP contribution in [-0.2, 0) is 28.2 Å². The van der Waals surface area contributed by atoms with Crippen LogP contribution in [0.4, 0.5) is 4.79 Å². The molecule has 9 nitrogen and oxygen atoms in total. The van der Waals surface area contributed by atoms with Crippen molar-refractivity contribution in [2.24, 2.45) is 0 Å². The summed E-state index contributed by atoms with van der Waals surface area (Å²) in [6.45, 7) is 2.23. The molecule has 0 bridgehead atoms. The number of hydrogen-bond acceptors (Lipinski definition) is 5. The Hall–Kier alpha value is -4.14. The molecule has 0 unspecified atom stereocenters. The second-order valence-electron chi connectivity index (χ2n) is 7.97. The van der Waals surface area contributed by atoms with Crippen molar-refractivity contribution < 1.29 is 19.1 Å². The Morgan fingerprint density at radius 1 is 1.09 bits per heavy atom. The zero-order chi connectivity index (χ0) is 23.4. The van der Waals surface area contributed by atoms with E-state index in [-0.39, 0.29) is 6.54 Å². The van der Waals surface area contributed by atoms with Crippen molar-refractivity contribution in [3.05, 3.63) is 83.7 Å². The van der Waals surface area contributed by atoms with Crippen molar-refractivity contribution in [3.63, 3.8) is 0 Å². The first-order chi connectivity index (χ1) is 15.9. The van der Waals surface area contributed by atoms with Gasteiger partial charge in [0.05, 0.1) is 13.7 Å². The Balaban J connectivity index is 1.33. The van der Waals surface area contributed by atoms with Crippen LogP contribution in [0.3, 0.4) is 0 Å². The number of ether oxygens (including phenoxy) is 1. The van der Waals surface area contributed by atoms with Crippen LogP contribution in [0.2, 0.25) is 0 Å². The molecule has 2 heterocycles. The van der Waals surface area contributed by atoms with Crippen LogP contribution in [0, 0.1) is 0 Å². The Morgan fingerprint density at radius 2 is 1.79 bits per heavy atom. The first kappa shape index (κ1) is 22.1. The lowest BCUT2D eigenvalue weighted by molar-refractivity contribution is -0.134. The minimum atomic E-state index is -1.24. The van der Waals surface area contributed by atoms with E-state index in [0.29, 0.717) is 24.4 Å². The van der Waals surface area contributed by atoms with Gasteiger partial charge in [0.1, 0.15) is 17.8 Å². The van der Waals surface area contributed by atoms with E-state index in [1.807, 2.05) is 41.2 Å². The molecular weight excluding hydrogens is 422 g/mol. The Bertz CT molecular complexity index is 1140. The number of hydrogen-bond donors (Lipinski definition) is 2. The van der Waals surface area contributed by atoms with E-state index >= 15 is 0 Å². The Kier molecular flexibility index (Phi) is 6.12. The van der Waals surface area contributed by atoms with Crippen LogP contribution in [0.15, 0.2) is 67.0 Å². The predicted molar refractivity (Wildman–Crippen MR) is 120 cm³/mol. The number of carbonyl (C=O) groups excluding carboxylic acids is 3. The largest absolute Gasteiger partial charge is 0.497 e. The molecule has 3 aromatic rings. The third kappa shape index (κ3) is 4.72. The Labute approximate surface area is 191 Å². The topological polar surface area (TPSA) is 106 Å². The van der Waals surface area contributed by atoms with Crippen LogP contribution in [0.25, 0.3) is 0 Å². The van der Waals surface area contributed by atoms with Crippen molar-refractivity contribution in [1.82, 2.24) is 25.3 Å². The van der Waals surface area contributed by atoms with Gasteiger partial charge < -0.3 is 15.4 Å². The van der Waals surface area contributed by atoms with E-state index in [9.17, 15) is 14.4 Å². The Morgan fingerprint density at radius 3 is 2.42 bits per heavy atom. The van der Waals surface area contributed by atoms with Crippen molar-refractivity contribution >= 4 is 17.8 Å². The van der Waals surface area contributed by atoms with Gasteiger partial charge in [-0.2, -0.15) is 5.10 Å². The third-order valence-corrected chi connectivity index (χ3v) is 5.66. The molecular formula is C24H25N5O4. The minimum absolute atomic E-state index is 0.292. The molecule has 1 fully saturated rings. The first-order valence-corrected chi connectivity index (χ1v) is 10.5. The van der Waals surface area contributed by atoms with Crippen LogP contribution in [0.1, 0.15) is 23.6 Å². The van der Waals surface area contributed by atoms with Gasteiger partial charge in [0.25, 0.3) is 5.91 Å². The number of nitrogens with one attached hydrogen (secondary N) is 2. The molecule has 0 spiro atoms. The highest BCUT2D eigenvalue weighted by molar-refractivity contribution is 6.09. The molecule has 1 aromatic heterocycles. The van der Waals surface area contributed by atoms with Gasteiger partial charge in [0, 0.05) is 18.9 Å². The van der Waals surface area contributed by atoms with E-state index in [4.69, 9.17) is 4.74 Å². The second-order valence-corrected chi connectivity index (χ2v) is 7.97. The number of urea groups is 1. The molecule has 0 radical (unpaired) electrons. The molecule has 4 rings (SSSR count). The van der Waals surface area contributed by atoms with E-state index in [1.165, 1.54) is 0 Å². The highest BCUT2D eigenvalue weighted by Crippen LogP contribution is 2.29. The SMILES string of the molecule is COc1ccc([C@]2(C)NC(=O)N(CC(=O)NCc3ccc(Cn4cccn4)cc3)C2=O)cc1. The molecule has 1 atom stereocenters. The summed E-state index contributed by atoms with van der Waals surface area (Å²) in [4.78, 5) is 38.8. The fourth-order valence-corrected chi connectivity index (χ4v) is 3.70. The molecule has 0 aliphatic carbocycles. The normalized spacial score (nSPS) is 17.7. The van der Waals surface area contributed by atoms with Gasteiger partial charge in [-0.1, -0.05) is 36.4 Å². The monoisotopic (exact) mass is 447 g/mol. The molecule has 9 heteroatoms. The first-order valence-electron chi connectivity index (χ1n) is 10.5. The van der Waals surface area contributed by atoms with Crippen molar-refractivity contribution in [3.8, 4) is 5.75 Å². The summed E-state index contributed by atoms with van der Waals surface area (Å²) in [5.74, 6) is -0.251. The number of carbonyl (C=O) groups is 3. The minimum Gasteiger partial charge on any atom is -0.497 e. The molecule has 1 saturated heterocycles. The van der Waals surface area contributed by atoms with Crippen molar-refractivity contribution in [1.29, 1.82) is 0 Å². The number of aromatic nitrogens is 2. The smallest absolute Gasteiger partial charge is 0.325 e. The zero-order valence-electron chi connectivity index (χ0n) is 18.4. The number of methoxy groups -OCH3 is 1. The van der Waals surface area contributed by atoms with Gasteiger partial charge in [-0.05, 0) is 41.8 Å². The lowest BCUT2D eigenvalue weighted by Crippen LogP contribution is -2.43. The molecule has 1 aliphatic rings. The summed E-state index contributed by atoms with van der Waals surface area (Å²) in [5, 5.41) is 9.65. The summed E-state index contributed by atoms with van der Waals surface area (Å²) >= 11 is 0. The standard InChI is InChI=1S/C24H25N5O4/c1-24(19-8-10-20(33-2)11-9-19)22(31)29(23(32)27-24)16-21(30)25-14-17-4-6-18(7-5-17)15-28-13-3-12-26-28/h3-13H,14-16H2,1-2H3,(H,25,30)(H,27,32)/t24-/m0/s1. The van der Waals surface area contributed by atoms with E-state index in [0.717, 1.165) is 16.0 Å². The maximum absolute atomic E-state index is 13.0. The molecule has 33 heavy (non-hydrogen) atoms. The van der Waals surface area contributed by atoms with Gasteiger partial charge in [-0.25, -0.2) is 4.79 Å². The van der Waals surface area contributed by atoms with Gasteiger partial charge in [-0.15, -0.1) is 0 Å². The summed E-state index contributed by atoms with van der Waals surface area (Å²) in [6.07, 6.45) is 3.62. The lowest BCUT2D eigenvalue weighted by atomic mass is 9.92. The van der Waals surface area contributed by atoms with Crippen molar-refractivity contribution in [2.45, 2.75) is 25.6 Å². The quantitative estimate of drug-likeness (QED) is 0.514. The van der Waals surface area contributed by atoms with E-state index in [1.54, 1.807) is 44.5 Å². The highest BCUT2D eigenvalue weighted by Gasteiger charge is 2.49. The fourth-order valence-electron chi connectivity index (χ4n) is 3.70. The van der Waals surface area contributed by atoms with Gasteiger partial charge >= 0.3 is 6.03 Å². The second kappa shape index (κ2) is 9.15. The zero-order valence-corrected chi connectivity index (χ0v) is 18.4. The molecule has 170 valence electrons. The average molecular weight is 447 g/mol. The van der Waals surface area contributed by atoms with Crippen LogP contribution in [0.5, 0.6) is 5.75 Å². The predicted octanol–water partition coefficient (Wildman–Crippen LogP) is 2.02. The molecule has 1 aliphatic heterocycles. The third-order valence-electron chi connectivity index (χ3n) is 5.66. The van der Waals surface area contributed by atoms with E-state index in [2.05, 4.69) is 15.7 Å². The molecule has 2 aromatic carbocycles. The van der Waals surface area contributed by atoms with Gasteiger partial charge in [0.2, 0.25) is 5.91 Å².